The molecule has 26 heavy (non-hydrogen) atoms. The van der Waals surface area contributed by atoms with E-state index >= 15 is 0 Å². The van der Waals surface area contributed by atoms with Crippen molar-refractivity contribution in [1.29, 1.82) is 0 Å². The molecule has 0 radical (unpaired) electrons. The van der Waals surface area contributed by atoms with Crippen LogP contribution in [0.2, 0.25) is 10.0 Å². The molecular formula is C16H13BrCl2N4O2S. The van der Waals surface area contributed by atoms with E-state index in [0.717, 1.165) is 0 Å². The fraction of sp³-hybridized carbons (Fsp3) is 0.188. The third kappa shape index (κ3) is 4.25. The molecule has 1 aromatic carbocycles. The van der Waals surface area contributed by atoms with Crippen LogP contribution in [-0.2, 0) is 11.3 Å². The summed E-state index contributed by atoms with van der Waals surface area (Å²) in [6.45, 7) is 2.62. The number of aromatic nitrogens is 3. The molecular weight excluding hydrogens is 463 g/mol. The van der Waals surface area contributed by atoms with Crippen LogP contribution in [0.1, 0.15) is 6.92 Å². The van der Waals surface area contributed by atoms with Crippen LogP contribution in [0, 0.1) is 0 Å². The Kier molecular flexibility index (Phi) is 6.29. The van der Waals surface area contributed by atoms with Crippen molar-refractivity contribution in [3.05, 3.63) is 45.0 Å². The molecule has 1 N–H and O–H groups in total. The highest BCUT2D eigenvalue weighted by Crippen LogP contribution is 2.30. The molecule has 2 heterocycles. The van der Waals surface area contributed by atoms with Crippen molar-refractivity contribution >= 4 is 62.5 Å². The lowest BCUT2D eigenvalue weighted by Crippen LogP contribution is -2.15. The molecule has 0 saturated heterocycles. The first kappa shape index (κ1) is 19.3. The van der Waals surface area contributed by atoms with Gasteiger partial charge in [-0.15, -0.1) is 10.2 Å². The summed E-state index contributed by atoms with van der Waals surface area (Å²) in [5.41, 5.74) is 0.475. The second-order valence-corrected chi connectivity index (χ2v) is 7.60. The van der Waals surface area contributed by atoms with Crippen molar-refractivity contribution < 1.29 is 9.21 Å². The predicted octanol–water partition coefficient (Wildman–Crippen LogP) is 5.36. The predicted molar refractivity (Wildman–Crippen MR) is 107 cm³/mol. The van der Waals surface area contributed by atoms with Crippen molar-refractivity contribution in [2.45, 2.75) is 18.6 Å². The Hall–Kier alpha value is -1.48. The standard InChI is InChI=1S/C16H13BrCl2N4O2S/c1-2-23-15(11-6-7-12(17)25-11)21-22-16(23)26-8-13(24)20-10-5-3-4-9(18)14(10)19/h3-7H,2,8H2,1H3,(H,20,24). The van der Waals surface area contributed by atoms with Crippen molar-refractivity contribution in [3.63, 3.8) is 0 Å². The Bertz CT molecular complexity index is 944. The first-order valence-corrected chi connectivity index (χ1v) is 10.1. The average molecular weight is 476 g/mol. The van der Waals surface area contributed by atoms with Crippen LogP contribution in [0.3, 0.4) is 0 Å². The van der Waals surface area contributed by atoms with Gasteiger partial charge in [0.15, 0.2) is 15.6 Å². The maximum atomic E-state index is 12.2. The Balaban J connectivity index is 1.69. The number of carbonyl (C=O) groups is 1. The van der Waals surface area contributed by atoms with Crippen molar-refractivity contribution in [2.75, 3.05) is 11.1 Å². The lowest BCUT2D eigenvalue weighted by molar-refractivity contribution is -0.113. The fourth-order valence-electron chi connectivity index (χ4n) is 2.21. The normalized spacial score (nSPS) is 10.9. The molecule has 0 aliphatic heterocycles. The summed E-state index contributed by atoms with van der Waals surface area (Å²) in [5.74, 6) is 1.15. The van der Waals surface area contributed by atoms with E-state index in [2.05, 4.69) is 31.4 Å². The number of amides is 1. The van der Waals surface area contributed by atoms with Gasteiger partial charge in [0.05, 0.1) is 21.5 Å². The highest BCUT2D eigenvalue weighted by molar-refractivity contribution is 9.10. The number of halogens is 3. The Morgan fingerprint density at radius 3 is 2.81 bits per heavy atom. The number of nitrogens with zero attached hydrogens (tertiary/aromatic N) is 3. The quantitative estimate of drug-likeness (QED) is 0.486. The number of benzene rings is 1. The third-order valence-electron chi connectivity index (χ3n) is 3.38. The summed E-state index contributed by atoms with van der Waals surface area (Å²) in [6, 6.07) is 8.67. The molecule has 0 atom stereocenters. The average Bonchev–Trinajstić information content (AvgIpc) is 3.22. The topological polar surface area (TPSA) is 73.0 Å². The van der Waals surface area contributed by atoms with Crippen LogP contribution in [0.5, 0.6) is 0 Å². The van der Waals surface area contributed by atoms with Gasteiger partial charge in [-0.25, -0.2) is 0 Å². The van der Waals surface area contributed by atoms with E-state index in [1.54, 1.807) is 24.3 Å². The van der Waals surface area contributed by atoms with Crippen LogP contribution in [0.4, 0.5) is 5.69 Å². The molecule has 0 aliphatic carbocycles. The summed E-state index contributed by atoms with van der Waals surface area (Å²) in [6.07, 6.45) is 0. The van der Waals surface area contributed by atoms with Crippen LogP contribution in [0.25, 0.3) is 11.6 Å². The number of carbonyl (C=O) groups excluding carboxylic acids is 1. The first-order chi connectivity index (χ1) is 12.5. The minimum atomic E-state index is -0.216. The molecule has 10 heteroatoms. The van der Waals surface area contributed by atoms with E-state index in [0.29, 0.717) is 43.7 Å². The molecule has 3 aromatic rings. The molecule has 1 amide bonds. The van der Waals surface area contributed by atoms with E-state index in [4.69, 9.17) is 27.6 Å². The van der Waals surface area contributed by atoms with Gasteiger partial charge < -0.3 is 9.73 Å². The van der Waals surface area contributed by atoms with Crippen LogP contribution >= 0.6 is 50.9 Å². The van der Waals surface area contributed by atoms with Crippen LogP contribution in [0.15, 0.2) is 44.6 Å². The van der Waals surface area contributed by atoms with E-state index in [1.807, 2.05) is 17.6 Å². The van der Waals surface area contributed by atoms with Gasteiger partial charge in [0.2, 0.25) is 11.7 Å². The number of thioether (sulfide) groups is 1. The van der Waals surface area contributed by atoms with E-state index < -0.39 is 0 Å². The van der Waals surface area contributed by atoms with Gasteiger partial charge in [0.1, 0.15) is 0 Å². The maximum absolute atomic E-state index is 12.2. The van der Waals surface area contributed by atoms with Crippen molar-refractivity contribution in [1.82, 2.24) is 14.8 Å². The van der Waals surface area contributed by atoms with Crippen molar-refractivity contribution in [2.24, 2.45) is 0 Å². The molecule has 6 nitrogen and oxygen atoms in total. The molecule has 0 bridgehead atoms. The SMILES string of the molecule is CCn1c(SCC(=O)Nc2cccc(Cl)c2Cl)nnc1-c1ccc(Br)o1. The largest absolute Gasteiger partial charge is 0.446 e. The summed E-state index contributed by atoms with van der Waals surface area (Å²) < 4.78 is 8.03. The summed E-state index contributed by atoms with van der Waals surface area (Å²) in [4.78, 5) is 12.2. The van der Waals surface area contributed by atoms with E-state index in [1.165, 1.54) is 11.8 Å². The fourth-order valence-corrected chi connectivity index (χ4v) is 3.67. The molecule has 0 fully saturated rings. The first-order valence-electron chi connectivity index (χ1n) is 7.55. The van der Waals surface area contributed by atoms with Gasteiger partial charge in [0, 0.05) is 6.54 Å². The van der Waals surface area contributed by atoms with Gasteiger partial charge in [-0.05, 0) is 47.1 Å². The summed E-state index contributed by atoms with van der Waals surface area (Å²) in [5, 5.41) is 12.4. The van der Waals surface area contributed by atoms with Gasteiger partial charge >= 0.3 is 0 Å². The van der Waals surface area contributed by atoms with Crippen LogP contribution < -0.4 is 5.32 Å². The molecule has 0 aliphatic rings. The number of hydrogen-bond acceptors (Lipinski definition) is 5. The number of anilines is 1. The van der Waals surface area contributed by atoms with E-state index in [9.17, 15) is 4.79 Å². The zero-order valence-electron chi connectivity index (χ0n) is 13.5. The lowest BCUT2D eigenvalue weighted by atomic mass is 10.3. The van der Waals surface area contributed by atoms with Gasteiger partial charge in [0.25, 0.3) is 0 Å². The van der Waals surface area contributed by atoms with Gasteiger partial charge in [-0.1, -0.05) is 41.0 Å². The van der Waals surface area contributed by atoms with Crippen molar-refractivity contribution in [3.8, 4) is 11.6 Å². The Morgan fingerprint density at radius 1 is 1.31 bits per heavy atom. The Labute approximate surface area is 172 Å². The highest BCUT2D eigenvalue weighted by Gasteiger charge is 2.17. The monoisotopic (exact) mass is 474 g/mol. The third-order valence-corrected chi connectivity index (χ3v) is 5.60. The number of rotatable bonds is 6. The summed E-state index contributed by atoms with van der Waals surface area (Å²) in [7, 11) is 0. The minimum Gasteiger partial charge on any atom is -0.446 e. The molecule has 0 spiro atoms. The smallest absolute Gasteiger partial charge is 0.234 e. The number of furan rings is 1. The van der Waals surface area contributed by atoms with Gasteiger partial charge in [-0.2, -0.15) is 0 Å². The highest BCUT2D eigenvalue weighted by atomic mass is 79.9. The molecule has 136 valence electrons. The second-order valence-electron chi connectivity index (χ2n) is 5.09. The molecule has 0 unspecified atom stereocenters. The Morgan fingerprint density at radius 2 is 2.12 bits per heavy atom. The number of nitrogens with one attached hydrogen (secondary N) is 1. The summed E-state index contributed by atoms with van der Waals surface area (Å²) >= 11 is 16.6. The molecule has 0 saturated carbocycles. The van der Waals surface area contributed by atoms with E-state index in [-0.39, 0.29) is 11.7 Å². The zero-order chi connectivity index (χ0) is 18.7. The number of hydrogen-bond donors (Lipinski definition) is 1. The molecule has 3 rings (SSSR count). The molecule has 2 aromatic heterocycles. The zero-order valence-corrected chi connectivity index (χ0v) is 17.4. The minimum absolute atomic E-state index is 0.156. The van der Waals surface area contributed by atoms with Crippen LogP contribution in [-0.4, -0.2) is 26.4 Å². The lowest BCUT2D eigenvalue weighted by Gasteiger charge is -2.08. The maximum Gasteiger partial charge on any atom is 0.234 e. The second kappa shape index (κ2) is 8.47. The van der Waals surface area contributed by atoms with Gasteiger partial charge in [-0.3, -0.25) is 9.36 Å².